The number of rotatable bonds is 8. The van der Waals surface area contributed by atoms with Gasteiger partial charge in [-0.25, -0.2) is 0 Å². The van der Waals surface area contributed by atoms with Crippen LogP contribution in [0.3, 0.4) is 0 Å². The minimum atomic E-state index is -0.716. The van der Waals surface area contributed by atoms with Gasteiger partial charge in [0.1, 0.15) is 0 Å². The zero-order chi connectivity index (χ0) is 16.8. The molecule has 0 radical (unpaired) electrons. The van der Waals surface area contributed by atoms with Gasteiger partial charge >= 0.3 is 0 Å². The van der Waals surface area contributed by atoms with Crippen LogP contribution in [-0.4, -0.2) is 54.7 Å². The van der Waals surface area contributed by atoms with Crippen molar-refractivity contribution in [1.29, 1.82) is 0 Å². The van der Waals surface area contributed by atoms with E-state index in [0.29, 0.717) is 12.3 Å². The summed E-state index contributed by atoms with van der Waals surface area (Å²) < 4.78 is 0. The van der Waals surface area contributed by atoms with Crippen molar-refractivity contribution in [2.24, 2.45) is 5.92 Å². The molecule has 1 saturated heterocycles. The lowest BCUT2D eigenvalue weighted by atomic mass is 9.80. The number of nitrogens with one attached hydrogen (secondary N) is 2. The minimum Gasteiger partial charge on any atom is -0.346 e. The standard InChI is InChI=1S/C17H27N3O3/c1-3-9-18-17(23)15(21)13(11-12-6-4-7-12)19-16(22)14-8-5-10-20(14)2/h3,12-14H,1,4-11H2,2H3,(H,18,23)(H,19,22). The number of carbonyl (C=O) groups excluding carboxylic acids is 3. The van der Waals surface area contributed by atoms with Crippen LogP contribution in [0.4, 0.5) is 0 Å². The molecule has 2 N–H and O–H groups in total. The highest BCUT2D eigenvalue weighted by Gasteiger charge is 2.34. The van der Waals surface area contributed by atoms with Crippen molar-refractivity contribution >= 4 is 17.6 Å². The van der Waals surface area contributed by atoms with E-state index in [1.165, 1.54) is 6.08 Å². The average molecular weight is 321 g/mol. The molecule has 1 saturated carbocycles. The van der Waals surface area contributed by atoms with Gasteiger partial charge in [0.15, 0.2) is 0 Å². The summed E-state index contributed by atoms with van der Waals surface area (Å²) in [6, 6.07) is -0.908. The molecule has 6 nitrogen and oxygen atoms in total. The maximum Gasteiger partial charge on any atom is 0.289 e. The summed E-state index contributed by atoms with van der Waals surface area (Å²) in [5, 5.41) is 5.33. The van der Waals surface area contributed by atoms with E-state index in [1.54, 1.807) is 0 Å². The van der Waals surface area contributed by atoms with E-state index < -0.39 is 17.7 Å². The van der Waals surface area contributed by atoms with Crippen LogP contribution < -0.4 is 10.6 Å². The number of carbonyl (C=O) groups is 3. The molecule has 2 atom stereocenters. The van der Waals surface area contributed by atoms with Gasteiger partial charge < -0.3 is 10.6 Å². The van der Waals surface area contributed by atoms with Crippen molar-refractivity contribution in [2.45, 2.75) is 50.6 Å². The fourth-order valence-corrected chi connectivity index (χ4v) is 3.21. The van der Waals surface area contributed by atoms with Crippen LogP contribution in [0, 0.1) is 5.92 Å². The van der Waals surface area contributed by atoms with E-state index in [2.05, 4.69) is 17.2 Å². The molecule has 128 valence electrons. The predicted molar refractivity (Wildman–Crippen MR) is 87.8 cm³/mol. The molecule has 2 fully saturated rings. The SMILES string of the molecule is C=CCNC(=O)C(=O)C(CC1CCC1)NC(=O)C1CCCN1C. The van der Waals surface area contributed by atoms with Gasteiger partial charge in [0.2, 0.25) is 11.7 Å². The summed E-state index contributed by atoms with van der Waals surface area (Å²) in [6.07, 6.45) is 7.16. The summed E-state index contributed by atoms with van der Waals surface area (Å²) in [4.78, 5) is 38.8. The molecule has 2 amide bonds. The summed E-state index contributed by atoms with van der Waals surface area (Å²) in [6.45, 7) is 4.65. The van der Waals surface area contributed by atoms with E-state index in [4.69, 9.17) is 0 Å². The Morgan fingerprint density at radius 2 is 2.00 bits per heavy atom. The molecule has 6 heteroatoms. The third-order valence-corrected chi connectivity index (χ3v) is 4.88. The molecule has 1 aliphatic carbocycles. The second-order valence-corrected chi connectivity index (χ2v) is 6.60. The predicted octanol–water partition coefficient (Wildman–Crippen LogP) is 0.627. The van der Waals surface area contributed by atoms with Crippen molar-refractivity contribution in [3.8, 4) is 0 Å². The molecular weight excluding hydrogens is 294 g/mol. The number of hydrogen-bond acceptors (Lipinski definition) is 4. The Kier molecular flexibility index (Phi) is 6.33. The molecule has 1 heterocycles. The van der Waals surface area contributed by atoms with Gasteiger partial charge in [-0.15, -0.1) is 6.58 Å². The van der Waals surface area contributed by atoms with Crippen molar-refractivity contribution in [3.05, 3.63) is 12.7 Å². The van der Waals surface area contributed by atoms with E-state index in [-0.39, 0.29) is 18.5 Å². The molecule has 2 unspecified atom stereocenters. The Labute approximate surface area is 137 Å². The largest absolute Gasteiger partial charge is 0.346 e. The first-order valence-corrected chi connectivity index (χ1v) is 8.46. The van der Waals surface area contributed by atoms with Crippen molar-refractivity contribution in [1.82, 2.24) is 15.5 Å². The number of likely N-dealkylation sites (tertiary alicyclic amines) is 1. The third kappa shape index (κ3) is 4.64. The lowest BCUT2D eigenvalue weighted by molar-refractivity contribution is -0.140. The summed E-state index contributed by atoms with van der Waals surface area (Å²) in [5.41, 5.74) is 0. The molecule has 0 aromatic rings. The summed E-state index contributed by atoms with van der Waals surface area (Å²) in [5.74, 6) is -0.904. The van der Waals surface area contributed by atoms with Crippen molar-refractivity contribution in [3.63, 3.8) is 0 Å². The van der Waals surface area contributed by atoms with Crippen molar-refractivity contribution in [2.75, 3.05) is 20.1 Å². The van der Waals surface area contributed by atoms with Gasteiger partial charge in [0.25, 0.3) is 5.91 Å². The zero-order valence-electron chi connectivity index (χ0n) is 13.8. The molecule has 0 aromatic heterocycles. The molecule has 2 rings (SSSR count). The fraction of sp³-hybridized carbons (Fsp3) is 0.706. The summed E-state index contributed by atoms with van der Waals surface area (Å²) in [7, 11) is 1.91. The molecule has 23 heavy (non-hydrogen) atoms. The number of Topliss-reactive ketones (excluding diaryl/α,β-unsaturated/α-hetero) is 1. The molecule has 2 aliphatic rings. The highest BCUT2D eigenvalue weighted by Crippen LogP contribution is 2.30. The normalized spacial score (nSPS) is 22.9. The maximum atomic E-state index is 12.4. The van der Waals surface area contributed by atoms with Gasteiger partial charge in [0.05, 0.1) is 12.1 Å². The van der Waals surface area contributed by atoms with E-state index in [9.17, 15) is 14.4 Å². The fourth-order valence-electron chi connectivity index (χ4n) is 3.21. The maximum absolute atomic E-state index is 12.4. The number of likely N-dealkylation sites (N-methyl/N-ethyl adjacent to an activating group) is 1. The topological polar surface area (TPSA) is 78.5 Å². The second-order valence-electron chi connectivity index (χ2n) is 6.60. The highest BCUT2D eigenvalue weighted by molar-refractivity contribution is 6.38. The first-order valence-electron chi connectivity index (χ1n) is 8.46. The molecule has 0 spiro atoms. The minimum absolute atomic E-state index is 0.140. The average Bonchev–Trinajstić information content (AvgIpc) is 2.92. The summed E-state index contributed by atoms with van der Waals surface area (Å²) >= 11 is 0. The van der Waals surface area contributed by atoms with Crippen LogP contribution in [0.25, 0.3) is 0 Å². The molecule has 0 bridgehead atoms. The Hall–Kier alpha value is -1.69. The number of ketones is 1. The van der Waals surface area contributed by atoms with Crippen LogP contribution in [0.15, 0.2) is 12.7 Å². The zero-order valence-corrected chi connectivity index (χ0v) is 13.8. The lowest BCUT2D eigenvalue weighted by Crippen LogP contribution is -2.52. The number of nitrogens with zero attached hydrogens (tertiary/aromatic N) is 1. The van der Waals surface area contributed by atoms with E-state index in [0.717, 1.165) is 38.6 Å². The first kappa shape index (κ1) is 17.7. The lowest BCUT2D eigenvalue weighted by Gasteiger charge is -2.30. The van der Waals surface area contributed by atoms with Crippen LogP contribution in [0.2, 0.25) is 0 Å². The van der Waals surface area contributed by atoms with Crippen LogP contribution in [0.5, 0.6) is 0 Å². The molecular formula is C17H27N3O3. The Morgan fingerprint density at radius 1 is 1.26 bits per heavy atom. The van der Waals surface area contributed by atoms with E-state index in [1.807, 2.05) is 11.9 Å². The third-order valence-electron chi connectivity index (χ3n) is 4.88. The Morgan fingerprint density at radius 3 is 2.52 bits per heavy atom. The Balaban J connectivity index is 1.97. The monoisotopic (exact) mass is 321 g/mol. The Bertz CT molecular complexity index is 474. The van der Waals surface area contributed by atoms with Gasteiger partial charge in [0, 0.05) is 6.54 Å². The van der Waals surface area contributed by atoms with Gasteiger partial charge in [-0.05, 0) is 38.8 Å². The molecule has 0 aromatic carbocycles. The second kappa shape index (κ2) is 8.24. The van der Waals surface area contributed by atoms with Crippen LogP contribution >= 0.6 is 0 Å². The van der Waals surface area contributed by atoms with Gasteiger partial charge in [-0.2, -0.15) is 0 Å². The molecule has 1 aliphatic heterocycles. The number of hydrogen-bond donors (Lipinski definition) is 2. The number of amides is 2. The van der Waals surface area contributed by atoms with Crippen LogP contribution in [-0.2, 0) is 14.4 Å². The first-order chi connectivity index (χ1) is 11.0. The van der Waals surface area contributed by atoms with Crippen LogP contribution in [0.1, 0.15) is 38.5 Å². The highest BCUT2D eigenvalue weighted by atomic mass is 16.2. The van der Waals surface area contributed by atoms with Crippen molar-refractivity contribution < 1.29 is 14.4 Å². The van der Waals surface area contributed by atoms with Gasteiger partial charge in [-0.1, -0.05) is 25.3 Å². The van der Waals surface area contributed by atoms with E-state index >= 15 is 0 Å². The smallest absolute Gasteiger partial charge is 0.289 e. The quantitative estimate of drug-likeness (QED) is 0.508. The van der Waals surface area contributed by atoms with Gasteiger partial charge in [-0.3, -0.25) is 19.3 Å².